The Kier molecular flexibility index (Phi) is 4.05. The predicted molar refractivity (Wildman–Crippen MR) is 82.4 cm³/mol. The summed E-state index contributed by atoms with van der Waals surface area (Å²) in [4.78, 5) is 17.1. The van der Waals surface area contributed by atoms with Crippen molar-refractivity contribution >= 4 is 5.91 Å². The number of pyridine rings is 1. The van der Waals surface area contributed by atoms with Gasteiger partial charge in [0.2, 0.25) is 11.7 Å². The first kappa shape index (κ1) is 14.8. The van der Waals surface area contributed by atoms with Crippen LogP contribution in [0.5, 0.6) is 0 Å². The van der Waals surface area contributed by atoms with Crippen molar-refractivity contribution in [2.45, 2.75) is 13.0 Å². The Morgan fingerprint density at radius 3 is 2.61 bits per heavy atom. The SMILES string of the molecule is CC(=O)NC1=CN(C)C(c2nnc(-c3ccccn3)nn2)C=C1. The normalized spacial score (nSPS) is 16.9. The molecule has 3 rings (SSSR count). The van der Waals surface area contributed by atoms with Gasteiger partial charge in [0.1, 0.15) is 11.7 Å². The van der Waals surface area contributed by atoms with Crippen LogP contribution in [0, 0.1) is 0 Å². The number of hydrogen-bond donors (Lipinski definition) is 1. The molecular weight excluding hydrogens is 294 g/mol. The lowest BCUT2D eigenvalue weighted by atomic mass is 10.1. The molecule has 0 spiro atoms. The van der Waals surface area contributed by atoms with Crippen molar-refractivity contribution in [2.24, 2.45) is 0 Å². The first-order valence-electron chi connectivity index (χ1n) is 7.02. The average molecular weight is 309 g/mol. The minimum atomic E-state index is -0.190. The van der Waals surface area contributed by atoms with Crippen LogP contribution in [0.4, 0.5) is 0 Å². The van der Waals surface area contributed by atoms with Crippen LogP contribution in [0.25, 0.3) is 11.5 Å². The summed E-state index contributed by atoms with van der Waals surface area (Å²) in [5.74, 6) is 0.736. The molecule has 2 aromatic heterocycles. The van der Waals surface area contributed by atoms with Crippen LogP contribution in [-0.4, -0.2) is 43.2 Å². The molecule has 0 saturated carbocycles. The molecule has 0 radical (unpaired) electrons. The molecule has 1 aliphatic rings. The van der Waals surface area contributed by atoms with Gasteiger partial charge in [-0.1, -0.05) is 12.1 Å². The highest BCUT2D eigenvalue weighted by molar-refractivity contribution is 5.75. The van der Waals surface area contributed by atoms with Crippen LogP contribution in [0.2, 0.25) is 0 Å². The summed E-state index contributed by atoms with van der Waals surface area (Å²) in [5.41, 5.74) is 1.33. The van der Waals surface area contributed by atoms with E-state index in [4.69, 9.17) is 0 Å². The van der Waals surface area contributed by atoms with Crippen molar-refractivity contribution in [3.05, 3.63) is 54.3 Å². The average Bonchev–Trinajstić information content (AvgIpc) is 2.55. The number of hydrogen-bond acceptors (Lipinski definition) is 7. The number of aromatic nitrogens is 5. The Morgan fingerprint density at radius 2 is 2.00 bits per heavy atom. The maximum atomic E-state index is 11.1. The summed E-state index contributed by atoms with van der Waals surface area (Å²) in [7, 11) is 1.87. The molecule has 1 aliphatic heterocycles. The van der Waals surface area contributed by atoms with Crippen molar-refractivity contribution < 1.29 is 4.79 Å². The van der Waals surface area contributed by atoms with Crippen LogP contribution in [-0.2, 0) is 4.79 Å². The van der Waals surface area contributed by atoms with Gasteiger partial charge in [-0.25, -0.2) is 0 Å². The van der Waals surface area contributed by atoms with Gasteiger partial charge < -0.3 is 10.2 Å². The number of carbonyl (C=O) groups is 1. The topological polar surface area (TPSA) is 96.8 Å². The van der Waals surface area contributed by atoms with Crippen molar-refractivity contribution in [1.82, 2.24) is 35.6 Å². The fourth-order valence-corrected chi connectivity index (χ4v) is 2.17. The summed E-state index contributed by atoms with van der Waals surface area (Å²) in [6.07, 6.45) is 7.16. The Labute approximate surface area is 133 Å². The first-order chi connectivity index (χ1) is 11.1. The summed E-state index contributed by atoms with van der Waals surface area (Å²) in [6.45, 7) is 1.47. The van der Waals surface area contributed by atoms with E-state index in [1.807, 2.05) is 42.4 Å². The molecular formula is C15H15N7O. The lowest BCUT2D eigenvalue weighted by Gasteiger charge is -2.26. The zero-order valence-electron chi connectivity index (χ0n) is 12.7. The largest absolute Gasteiger partial charge is 0.365 e. The molecule has 2 aromatic rings. The van der Waals surface area contributed by atoms with E-state index in [1.165, 1.54) is 6.92 Å². The molecule has 0 aromatic carbocycles. The number of nitrogens with one attached hydrogen (secondary N) is 1. The van der Waals surface area contributed by atoms with Gasteiger partial charge in [0.25, 0.3) is 0 Å². The molecule has 1 amide bonds. The van der Waals surface area contributed by atoms with Gasteiger partial charge in [0.15, 0.2) is 5.82 Å². The number of rotatable bonds is 3. The fraction of sp³-hybridized carbons (Fsp3) is 0.200. The van der Waals surface area contributed by atoms with Gasteiger partial charge in [-0.05, 0) is 18.2 Å². The minimum Gasteiger partial charge on any atom is -0.365 e. The van der Waals surface area contributed by atoms with Crippen molar-refractivity contribution in [3.8, 4) is 11.5 Å². The second-order valence-corrected chi connectivity index (χ2v) is 5.03. The zero-order valence-corrected chi connectivity index (χ0v) is 12.7. The number of likely N-dealkylation sites (N-methyl/N-ethyl adjacent to an activating group) is 1. The summed E-state index contributed by atoms with van der Waals surface area (Å²) in [5, 5.41) is 19.2. The van der Waals surface area contributed by atoms with Crippen LogP contribution in [0.15, 0.2) is 48.4 Å². The fourth-order valence-electron chi connectivity index (χ4n) is 2.17. The van der Waals surface area contributed by atoms with Gasteiger partial charge in [-0.15, -0.1) is 20.4 Å². The van der Waals surface area contributed by atoms with Gasteiger partial charge >= 0.3 is 0 Å². The summed E-state index contributed by atoms with van der Waals surface area (Å²) in [6, 6.07) is 5.28. The van der Waals surface area contributed by atoms with Gasteiger partial charge in [-0.3, -0.25) is 9.78 Å². The third-order valence-corrected chi connectivity index (χ3v) is 3.21. The van der Waals surface area contributed by atoms with Crippen LogP contribution in [0.3, 0.4) is 0 Å². The van der Waals surface area contributed by atoms with E-state index >= 15 is 0 Å². The molecule has 8 heteroatoms. The number of allylic oxidation sites excluding steroid dienone is 1. The van der Waals surface area contributed by atoms with E-state index in [0.717, 1.165) is 0 Å². The standard InChI is InChI=1S/C15H15N7O/c1-10(23)17-11-6-7-13(22(2)9-11)15-20-18-14(19-21-15)12-5-3-4-8-16-12/h3-9,13H,1-2H3,(H,17,23). The molecule has 3 heterocycles. The first-order valence-corrected chi connectivity index (χ1v) is 7.02. The molecule has 116 valence electrons. The second-order valence-electron chi connectivity index (χ2n) is 5.03. The van der Waals surface area contributed by atoms with Gasteiger partial charge in [-0.2, -0.15) is 0 Å². The van der Waals surface area contributed by atoms with E-state index in [0.29, 0.717) is 23.0 Å². The number of carbonyl (C=O) groups excluding carboxylic acids is 1. The van der Waals surface area contributed by atoms with Crippen molar-refractivity contribution in [1.29, 1.82) is 0 Å². The molecule has 8 nitrogen and oxygen atoms in total. The van der Waals surface area contributed by atoms with E-state index in [-0.39, 0.29) is 11.9 Å². The lowest BCUT2D eigenvalue weighted by Crippen LogP contribution is -2.28. The molecule has 0 saturated heterocycles. The van der Waals surface area contributed by atoms with Gasteiger partial charge in [0, 0.05) is 26.4 Å². The Balaban J connectivity index is 1.77. The van der Waals surface area contributed by atoms with Crippen LogP contribution >= 0.6 is 0 Å². The highest BCUT2D eigenvalue weighted by atomic mass is 16.1. The zero-order chi connectivity index (χ0) is 16.2. The predicted octanol–water partition coefficient (Wildman–Crippen LogP) is 0.849. The highest BCUT2D eigenvalue weighted by Gasteiger charge is 2.20. The Bertz CT molecular complexity index is 755. The van der Waals surface area contributed by atoms with Crippen molar-refractivity contribution in [2.75, 3.05) is 7.05 Å². The molecule has 0 bridgehead atoms. The van der Waals surface area contributed by atoms with Crippen LogP contribution in [0.1, 0.15) is 18.8 Å². The highest BCUT2D eigenvalue weighted by Crippen LogP contribution is 2.22. The number of nitrogens with zero attached hydrogens (tertiary/aromatic N) is 6. The third kappa shape index (κ3) is 3.37. The second kappa shape index (κ2) is 6.30. The minimum absolute atomic E-state index is 0.118. The summed E-state index contributed by atoms with van der Waals surface area (Å²) < 4.78 is 0. The summed E-state index contributed by atoms with van der Waals surface area (Å²) >= 11 is 0. The van der Waals surface area contributed by atoms with E-state index in [2.05, 4.69) is 30.7 Å². The van der Waals surface area contributed by atoms with E-state index < -0.39 is 0 Å². The van der Waals surface area contributed by atoms with Gasteiger partial charge in [0.05, 0.1) is 5.70 Å². The molecule has 23 heavy (non-hydrogen) atoms. The monoisotopic (exact) mass is 309 g/mol. The van der Waals surface area contributed by atoms with E-state index in [1.54, 1.807) is 12.3 Å². The van der Waals surface area contributed by atoms with Crippen molar-refractivity contribution in [3.63, 3.8) is 0 Å². The number of amides is 1. The molecule has 1 unspecified atom stereocenters. The molecule has 1 atom stereocenters. The Hall–Kier alpha value is -3.16. The van der Waals surface area contributed by atoms with E-state index in [9.17, 15) is 4.79 Å². The maximum absolute atomic E-state index is 11.1. The molecule has 0 fully saturated rings. The Morgan fingerprint density at radius 1 is 1.22 bits per heavy atom. The molecule has 0 aliphatic carbocycles. The molecule has 1 N–H and O–H groups in total. The third-order valence-electron chi connectivity index (χ3n) is 3.21. The lowest BCUT2D eigenvalue weighted by molar-refractivity contribution is -0.118. The smallest absolute Gasteiger partial charge is 0.221 e. The van der Waals surface area contributed by atoms with Crippen LogP contribution < -0.4 is 5.32 Å². The maximum Gasteiger partial charge on any atom is 0.221 e. The quantitative estimate of drug-likeness (QED) is 0.897.